The van der Waals surface area contributed by atoms with E-state index in [1.807, 2.05) is 68.4 Å². The molecule has 2 amide bonds. The Labute approximate surface area is 174 Å². The fraction of sp³-hybridized carbons (Fsp3) is 0.440. The summed E-state index contributed by atoms with van der Waals surface area (Å²) in [5, 5.41) is 3.18. The predicted molar refractivity (Wildman–Crippen MR) is 116 cm³/mol. The van der Waals surface area contributed by atoms with Crippen molar-refractivity contribution in [1.82, 2.24) is 10.2 Å². The summed E-state index contributed by atoms with van der Waals surface area (Å²) < 4.78 is 0. The molecular formula is C25H32N2O2. The molecule has 0 spiro atoms. The highest BCUT2D eigenvalue weighted by Gasteiger charge is 2.28. The zero-order valence-corrected chi connectivity index (χ0v) is 17.6. The highest BCUT2D eigenvalue weighted by molar-refractivity contribution is 5.88. The molecule has 1 N–H and O–H groups in total. The first-order valence-corrected chi connectivity index (χ1v) is 10.7. The van der Waals surface area contributed by atoms with Crippen molar-refractivity contribution in [3.05, 3.63) is 71.3 Å². The number of carbonyl (C=O) groups excluding carboxylic acids is 2. The molecule has 0 unspecified atom stereocenters. The number of carbonyl (C=O) groups is 2. The van der Waals surface area contributed by atoms with Crippen LogP contribution in [-0.2, 0) is 22.6 Å². The van der Waals surface area contributed by atoms with Crippen LogP contribution in [0.25, 0.3) is 0 Å². The number of benzene rings is 2. The van der Waals surface area contributed by atoms with Gasteiger partial charge < -0.3 is 10.2 Å². The van der Waals surface area contributed by atoms with E-state index in [2.05, 4.69) is 5.32 Å². The van der Waals surface area contributed by atoms with Gasteiger partial charge in [-0.3, -0.25) is 9.59 Å². The molecule has 4 nitrogen and oxygen atoms in total. The van der Waals surface area contributed by atoms with Crippen LogP contribution < -0.4 is 5.32 Å². The molecule has 0 aromatic heterocycles. The summed E-state index contributed by atoms with van der Waals surface area (Å²) >= 11 is 0. The maximum atomic E-state index is 13.2. The summed E-state index contributed by atoms with van der Waals surface area (Å²) in [5.41, 5.74) is 3.17. The first kappa shape index (κ1) is 21.1. The van der Waals surface area contributed by atoms with Gasteiger partial charge in [-0.1, -0.05) is 79.4 Å². The lowest BCUT2D eigenvalue weighted by Gasteiger charge is -2.31. The van der Waals surface area contributed by atoms with Gasteiger partial charge in [-0.2, -0.15) is 0 Å². The quantitative estimate of drug-likeness (QED) is 0.759. The molecular weight excluding hydrogens is 360 g/mol. The average molecular weight is 393 g/mol. The molecule has 0 bridgehead atoms. The summed E-state index contributed by atoms with van der Waals surface area (Å²) in [7, 11) is 0. The lowest BCUT2D eigenvalue weighted by Crippen LogP contribution is -2.50. The van der Waals surface area contributed by atoms with E-state index < -0.39 is 6.04 Å². The number of nitrogens with zero attached hydrogens (tertiary/aromatic N) is 1. The number of amides is 2. The Hall–Kier alpha value is -2.62. The van der Waals surface area contributed by atoms with Crippen molar-refractivity contribution < 1.29 is 9.59 Å². The summed E-state index contributed by atoms with van der Waals surface area (Å²) in [5.74, 6) is -0.0749. The van der Waals surface area contributed by atoms with E-state index in [-0.39, 0.29) is 17.9 Å². The minimum atomic E-state index is -0.505. The van der Waals surface area contributed by atoms with Crippen LogP contribution in [0.3, 0.4) is 0 Å². The van der Waals surface area contributed by atoms with Gasteiger partial charge in [0.05, 0.1) is 6.42 Å². The van der Waals surface area contributed by atoms with E-state index in [0.29, 0.717) is 13.0 Å². The Bertz CT molecular complexity index is 795. The Morgan fingerprint density at radius 3 is 2.28 bits per heavy atom. The maximum Gasteiger partial charge on any atom is 0.242 e. The van der Waals surface area contributed by atoms with E-state index in [1.54, 1.807) is 4.90 Å². The van der Waals surface area contributed by atoms with Gasteiger partial charge in [-0.15, -0.1) is 0 Å². The Morgan fingerprint density at radius 2 is 1.62 bits per heavy atom. The molecule has 1 aliphatic rings. The fourth-order valence-corrected chi connectivity index (χ4v) is 3.91. The molecule has 2 aromatic rings. The smallest absolute Gasteiger partial charge is 0.242 e. The van der Waals surface area contributed by atoms with Gasteiger partial charge >= 0.3 is 0 Å². The van der Waals surface area contributed by atoms with Crippen LogP contribution in [0.4, 0.5) is 0 Å². The minimum Gasteiger partial charge on any atom is -0.352 e. The molecule has 1 fully saturated rings. The van der Waals surface area contributed by atoms with Crippen molar-refractivity contribution in [3.63, 3.8) is 0 Å². The number of hydrogen-bond donors (Lipinski definition) is 1. The van der Waals surface area contributed by atoms with Crippen molar-refractivity contribution in [3.8, 4) is 0 Å². The highest BCUT2D eigenvalue weighted by atomic mass is 16.2. The van der Waals surface area contributed by atoms with Gasteiger partial charge in [0.15, 0.2) is 0 Å². The highest BCUT2D eigenvalue weighted by Crippen LogP contribution is 2.18. The molecule has 1 aliphatic carbocycles. The molecule has 4 heteroatoms. The number of aryl methyl sites for hydroxylation is 1. The van der Waals surface area contributed by atoms with Gasteiger partial charge in [0, 0.05) is 12.6 Å². The van der Waals surface area contributed by atoms with Crippen LogP contribution in [0.5, 0.6) is 0 Å². The number of hydrogen-bond acceptors (Lipinski definition) is 2. The van der Waals surface area contributed by atoms with Gasteiger partial charge in [0.2, 0.25) is 11.8 Å². The largest absolute Gasteiger partial charge is 0.352 e. The predicted octanol–water partition coefficient (Wildman–Crippen LogP) is 4.40. The first-order valence-electron chi connectivity index (χ1n) is 10.7. The van der Waals surface area contributed by atoms with Crippen LogP contribution in [-0.4, -0.2) is 28.8 Å². The Kier molecular flexibility index (Phi) is 7.45. The third-order valence-electron chi connectivity index (χ3n) is 5.79. The summed E-state index contributed by atoms with van der Waals surface area (Å²) in [6.07, 6.45) is 5.95. The van der Waals surface area contributed by atoms with Gasteiger partial charge in [-0.25, -0.2) is 0 Å². The topological polar surface area (TPSA) is 49.4 Å². The van der Waals surface area contributed by atoms with E-state index in [9.17, 15) is 9.59 Å². The second-order valence-corrected chi connectivity index (χ2v) is 8.19. The summed E-state index contributed by atoms with van der Waals surface area (Å²) in [6.45, 7) is 4.31. The summed E-state index contributed by atoms with van der Waals surface area (Å²) in [4.78, 5) is 27.8. The van der Waals surface area contributed by atoms with Crippen molar-refractivity contribution in [2.45, 2.75) is 71.0 Å². The molecule has 2 aromatic carbocycles. The van der Waals surface area contributed by atoms with Crippen molar-refractivity contribution in [1.29, 1.82) is 0 Å². The van der Waals surface area contributed by atoms with Crippen LogP contribution in [0.15, 0.2) is 54.6 Å². The Morgan fingerprint density at radius 1 is 0.966 bits per heavy atom. The molecule has 0 heterocycles. The van der Waals surface area contributed by atoms with E-state index in [1.165, 1.54) is 24.8 Å². The lowest BCUT2D eigenvalue weighted by atomic mass is 9.95. The third kappa shape index (κ3) is 6.18. The molecule has 1 saturated carbocycles. The molecule has 154 valence electrons. The molecule has 0 radical (unpaired) electrons. The molecule has 3 rings (SSSR count). The zero-order valence-electron chi connectivity index (χ0n) is 17.6. The van der Waals surface area contributed by atoms with E-state index in [4.69, 9.17) is 0 Å². The van der Waals surface area contributed by atoms with Gasteiger partial charge in [0.25, 0.3) is 0 Å². The second kappa shape index (κ2) is 10.2. The number of nitrogens with one attached hydrogen (secondary N) is 1. The molecule has 29 heavy (non-hydrogen) atoms. The van der Waals surface area contributed by atoms with Crippen molar-refractivity contribution in [2.24, 2.45) is 0 Å². The second-order valence-electron chi connectivity index (χ2n) is 8.19. The first-order chi connectivity index (χ1) is 14.0. The average Bonchev–Trinajstić information content (AvgIpc) is 2.74. The molecule has 0 saturated heterocycles. The van der Waals surface area contributed by atoms with E-state index in [0.717, 1.165) is 24.0 Å². The minimum absolute atomic E-state index is 0.0241. The van der Waals surface area contributed by atoms with Crippen LogP contribution in [0, 0.1) is 6.92 Å². The fourth-order valence-electron chi connectivity index (χ4n) is 3.91. The lowest BCUT2D eigenvalue weighted by molar-refractivity contribution is -0.140. The third-order valence-corrected chi connectivity index (χ3v) is 5.79. The van der Waals surface area contributed by atoms with Crippen LogP contribution in [0.2, 0.25) is 0 Å². The normalized spacial score (nSPS) is 15.5. The Balaban J connectivity index is 1.72. The van der Waals surface area contributed by atoms with Crippen molar-refractivity contribution >= 4 is 11.8 Å². The van der Waals surface area contributed by atoms with E-state index >= 15 is 0 Å². The van der Waals surface area contributed by atoms with Gasteiger partial charge in [-0.05, 0) is 37.8 Å². The van der Waals surface area contributed by atoms with Crippen LogP contribution in [0.1, 0.15) is 55.7 Å². The SMILES string of the molecule is Cc1ccc(CC(=O)N(Cc2ccccc2)[C@H](C)C(=O)NC2CCCCC2)cc1. The number of rotatable bonds is 7. The van der Waals surface area contributed by atoms with Crippen molar-refractivity contribution in [2.75, 3.05) is 0 Å². The molecule has 1 atom stereocenters. The van der Waals surface area contributed by atoms with Crippen LogP contribution >= 0.6 is 0 Å². The molecule has 0 aliphatic heterocycles. The summed E-state index contributed by atoms with van der Waals surface area (Å²) in [6, 6.07) is 17.6. The zero-order chi connectivity index (χ0) is 20.6. The standard InChI is InChI=1S/C25H32N2O2/c1-19-13-15-21(16-14-19)17-24(28)27(18-22-9-5-3-6-10-22)20(2)25(29)26-23-11-7-4-8-12-23/h3,5-6,9-10,13-16,20,23H,4,7-8,11-12,17-18H2,1-2H3,(H,26,29)/t20-/m1/s1. The maximum absolute atomic E-state index is 13.2. The van der Waals surface area contributed by atoms with Gasteiger partial charge in [0.1, 0.15) is 6.04 Å². The monoisotopic (exact) mass is 392 g/mol.